The van der Waals surface area contributed by atoms with E-state index in [9.17, 15) is 4.79 Å². The molecule has 0 aromatic rings. The third-order valence-corrected chi connectivity index (χ3v) is 4.49. The van der Waals surface area contributed by atoms with Crippen LogP contribution in [-0.2, 0) is 9.53 Å². The zero-order valence-corrected chi connectivity index (χ0v) is 9.89. The van der Waals surface area contributed by atoms with E-state index in [-0.39, 0.29) is 10.5 Å². The van der Waals surface area contributed by atoms with E-state index < -0.39 is 12.0 Å². The van der Waals surface area contributed by atoms with Crippen molar-refractivity contribution in [1.82, 2.24) is 5.32 Å². The van der Waals surface area contributed by atoms with Gasteiger partial charge in [0.05, 0.1) is 10.5 Å². The molecule has 2 N–H and O–H groups in total. The van der Waals surface area contributed by atoms with Crippen molar-refractivity contribution in [2.75, 3.05) is 12.4 Å². The molecule has 2 unspecified atom stereocenters. The number of aliphatic carboxylic acids is 1. The number of carboxylic acid groups (broad SMARTS) is 1. The molecule has 2 heterocycles. The Labute approximate surface area is 93.8 Å². The largest absolute Gasteiger partial charge is 0.480 e. The number of rotatable bonds is 1. The zero-order chi connectivity index (χ0) is 11.1. The van der Waals surface area contributed by atoms with Crippen molar-refractivity contribution in [1.29, 1.82) is 0 Å². The minimum absolute atomic E-state index is 0.0786. The molecular weight excluding hydrogens is 214 g/mol. The third kappa shape index (κ3) is 2.29. The molecule has 2 aliphatic rings. The van der Waals surface area contributed by atoms with Crippen molar-refractivity contribution in [3.8, 4) is 0 Å². The Balaban J connectivity index is 2.06. The molecule has 2 atom stereocenters. The van der Waals surface area contributed by atoms with Gasteiger partial charge in [-0.2, -0.15) is 0 Å². The Kier molecular flexibility index (Phi) is 2.73. The van der Waals surface area contributed by atoms with Crippen molar-refractivity contribution in [3.05, 3.63) is 0 Å². The molecule has 4 nitrogen and oxygen atoms in total. The average molecular weight is 231 g/mol. The molecule has 0 amide bonds. The molecule has 86 valence electrons. The number of hydrogen-bond acceptors (Lipinski definition) is 4. The highest BCUT2D eigenvalue weighted by molar-refractivity contribution is 8.01. The Bertz CT molecular complexity index is 282. The van der Waals surface area contributed by atoms with Crippen molar-refractivity contribution >= 4 is 17.7 Å². The topological polar surface area (TPSA) is 58.6 Å². The monoisotopic (exact) mass is 231 g/mol. The van der Waals surface area contributed by atoms with E-state index in [0.717, 1.165) is 12.8 Å². The summed E-state index contributed by atoms with van der Waals surface area (Å²) >= 11 is 1.73. The van der Waals surface area contributed by atoms with Crippen LogP contribution in [0.5, 0.6) is 0 Å². The first-order chi connectivity index (χ1) is 6.93. The van der Waals surface area contributed by atoms with Gasteiger partial charge in [-0.15, -0.1) is 11.8 Å². The van der Waals surface area contributed by atoms with Crippen LogP contribution in [0.4, 0.5) is 0 Å². The highest BCUT2D eigenvalue weighted by Gasteiger charge is 2.47. The fourth-order valence-corrected chi connectivity index (χ4v) is 3.96. The van der Waals surface area contributed by atoms with Gasteiger partial charge < -0.3 is 9.84 Å². The van der Waals surface area contributed by atoms with Gasteiger partial charge in [-0.3, -0.25) is 10.1 Å². The number of hydrogen-bond donors (Lipinski definition) is 2. The summed E-state index contributed by atoms with van der Waals surface area (Å²) in [5.74, 6) is -0.0885. The maximum Gasteiger partial charge on any atom is 0.321 e. The van der Waals surface area contributed by atoms with Crippen LogP contribution in [0.2, 0.25) is 0 Å². The van der Waals surface area contributed by atoms with Crippen LogP contribution in [0.15, 0.2) is 0 Å². The van der Waals surface area contributed by atoms with Gasteiger partial charge in [0.2, 0.25) is 0 Å². The van der Waals surface area contributed by atoms with Gasteiger partial charge in [0.1, 0.15) is 6.04 Å². The Morgan fingerprint density at radius 1 is 1.60 bits per heavy atom. The fourth-order valence-electron chi connectivity index (χ4n) is 2.34. The summed E-state index contributed by atoms with van der Waals surface area (Å²) in [4.78, 5) is 10.8. The van der Waals surface area contributed by atoms with Crippen LogP contribution in [0.1, 0.15) is 26.7 Å². The second-order valence-electron chi connectivity index (χ2n) is 4.88. The first kappa shape index (κ1) is 11.2. The van der Waals surface area contributed by atoms with Crippen LogP contribution in [0.25, 0.3) is 0 Å². The summed E-state index contributed by atoms with van der Waals surface area (Å²) < 4.78 is 5.65. The van der Waals surface area contributed by atoms with Crippen LogP contribution in [0.3, 0.4) is 0 Å². The number of carboxylic acids is 1. The molecule has 0 radical (unpaired) electrons. The summed E-state index contributed by atoms with van der Waals surface area (Å²) in [5, 5.41) is 12.2. The highest BCUT2D eigenvalue weighted by Crippen LogP contribution is 2.43. The van der Waals surface area contributed by atoms with E-state index in [4.69, 9.17) is 9.84 Å². The molecule has 0 saturated carbocycles. The molecule has 0 aromatic heterocycles. The van der Waals surface area contributed by atoms with E-state index in [1.54, 1.807) is 11.8 Å². The minimum Gasteiger partial charge on any atom is -0.480 e. The van der Waals surface area contributed by atoms with E-state index in [2.05, 4.69) is 19.2 Å². The fraction of sp³-hybridized carbons (Fsp3) is 0.900. The number of ether oxygens (including phenoxy) is 1. The Hall–Kier alpha value is -0.260. The van der Waals surface area contributed by atoms with Gasteiger partial charge in [-0.25, -0.2) is 0 Å². The lowest BCUT2D eigenvalue weighted by Gasteiger charge is -2.42. The lowest BCUT2D eigenvalue weighted by atomic mass is 9.93. The Morgan fingerprint density at radius 2 is 2.33 bits per heavy atom. The van der Waals surface area contributed by atoms with Gasteiger partial charge in [0, 0.05) is 18.8 Å². The van der Waals surface area contributed by atoms with E-state index in [0.29, 0.717) is 12.4 Å². The number of nitrogens with one attached hydrogen (secondary N) is 1. The maximum absolute atomic E-state index is 10.9. The van der Waals surface area contributed by atoms with Gasteiger partial charge in [-0.1, -0.05) is 0 Å². The van der Waals surface area contributed by atoms with Crippen LogP contribution < -0.4 is 5.32 Å². The van der Waals surface area contributed by atoms with Gasteiger partial charge in [-0.05, 0) is 20.3 Å². The quantitative estimate of drug-likeness (QED) is 0.706. The molecule has 0 bridgehead atoms. The van der Waals surface area contributed by atoms with Crippen LogP contribution >= 0.6 is 11.8 Å². The SMILES string of the molecule is CC1(C)CC2(CCO1)NC(C(=O)O)CS2. The second kappa shape index (κ2) is 3.64. The summed E-state index contributed by atoms with van der Waals surface area (Å²) in [6.07, 6.45) is 1.76. The molecule has 15 heavy (non-hydrogen) atoms. The van der Waals surface area contributed by atoms with Crippen molar-refractivity contribution in [3.63, 3.8) is 0 Å². The maximum atomic E-state index is 10.9. The lowest BCUT2D eigenvalue weighted by molar-refractivity contribution is -0.139. The molecule has 1 spiro atoms. The van der Waals surface area contributed by atoms with E-state index in [1.807, 2.05) is 0 Å². The summed E-state index contributed by atoms with van der Waals surface area (Å²) in [7, 11) is 0. The molecule has 2 rings (SSSR count). The zero-order valence-electron chi connectivity index (χ0n) is 9.08. The smallest absolute Gasteiger partial charge is 0.321 e. The first-order valence-corrected chi connectivity index (χ1v) is 6.20. The van der Waals surface area contributed by atoms with Crippen LogP contribution in [-0.4, -0.2) is 39.9 Å². The molecule has 2 saturated heterocycles. The molecular formula is C10H17NO3S. The molecule has 5 heteroatoms. The average Bonchev–Trinajstić information content (AvgIpc) is 2.46. The van der Waals surface area contributed by atoms with E-state index >= 15 is 0 Å². The predicted octanol–water partition coefficient (Wildman–Crippen LogP) is 1.06. The summed E-state index contributed by atoms with van der Waals surface area (Å²) in [6.45, 7) is 4.83. The Morgan fingerprint density at radius 3 is 2.87 bits per heavy atom. The standard InChI is InChI=1S/C10H17NO3S/c1-9(2)6-10(3-4-14-9)11-7(5-15-10)8(12)13/h7,11H,3-6H2,1-2H3,(H,12,13). The summed E-state index contributed by atoms with van der Waals surface area (Å²) in [6, 6.07) is -0.399. The van der Waals surface area contributed by atoms with Gasteiger partial charge >= 0.3 is 5.97 Å². The minimum atomic E-state index is -0.747. The van der Waals surface area contributed by atoms with Gasteiger partial charge in [0.15, 0.2) is 0 Å². The number of thioether (sulfide) groups is 1. The first-order valence-electron chi connectivity index (χ1n) is 5.21. The van der Waals surface area contributed by atoms with Gasteiger partial charge in [0.25, 0.3) is 0 Å². The molecule has 2 aliphatic heterocycles. The highest BCUT2D eigenvalue weighted by atomic mass is 32.2. The van der Waals surface area contributed by atoms with Crippen molar-refractivity contribution in [2.24, 2.45) is 0 Å². The van der Waals surface area contributed by atoms with Crippen molar-refractivity contribution < 1.29 is 14.6 Å². The third-order valence-electron chi connectivity index (χ3n) is 2.97. The normalized spacial score (nSPS) is 39.5. The van der Waals surface area contributed by atoms with Crippen molar-refractivity contribution in [2.45, 2.75) is 43.2 Å². The predicted molar refractivity (Wildman–Crippen MR) is 59.0 cm³/mol. The summed E-state index contributed by atoms with van der Waals surface area (Å²) in [5.41, 5.74) is -0.147. The van der Waals surface area contributed by atoms with E-state index in [1.165, 1.54) is 0 Å². The second-order valence-corrected chi connectivity index (χ2v) is 6.28. The number of carbonyl (C=O) groups is 1. The van der Waals surface area contributed by atoms with Crippen LogP contribution in [0, 0.1) is 0 Å². The molecule has 2 fully saturated rings. The molecule has 0 aromatic carbocycles. The molecule has 0 aliphatic carbocycles. The lowest BCUT2D eigenvalue weighted by Crippen LogP contribution is -2.53.